The third kappa shape index (κ3) is 5.22. The van der Waals surface area contributed by atoms with Crippen LogP contribution in [0.2, 0.25) is 0 Å². The van der Waals surface area contributed by atoms with Crippen molar-refractivity contribution in [2.24, 2.45) is 11.7 Å². The van der Waals surface area contributed by atoms with E-state index in [2.05, 4.69) is 24.4 Å². The highest BCUT2D eigenvalue weighted by molar-refractivity contribution is 6.00. The Morgan fingerprint density at radius 1 is 1.35 bits per heavy atom. The molecule has 0 spiro atoms. The quantitative estimate of drug-likeness (QED) is 0.796. The van der Waals surface area contributed by atoms with Crippen LogP contribution in [0, 0.1) is 5.92 Å². The van der Waals surface area contributed by atoms with Gasteiger partial charge in [-0.1, -0.05) is 25.5 Å². The fraction of sp³-hybridized carbons (Fsp3) is 0.529. The molecule has 1 aromatic rings. The van der Waals surface area contributed by atoms with Gasteiger partial charge in [0.2, 0.25) is 11.8 Å². The van der Waals surface area contributed by atoms with E-state index in [-0.39, 0.29) is 36.6 Å². The first kappa shape index (κ1) is 19.5. The average Bonchev–Trinajstić information content (AvgIpc) is 2.93. The molecule has 128 valence electrons. The molecule has 1 atom stereocenters. The molecule has 2 rings (SSSR count). The highest BCUT2D eigenvalue weighted by Crippen LogP contribution is 2.25. The largest absolute Gasteiger partial charge is 0.355 e. The number of aryl methyl sites for hydroxylation is 1. The summed E-state index contributed by atoms with van der Waals surface area (Å²) in [5.74, 6) is -0.353. The minimum absolute atomic E-state index is 0. The molecule has 23 heavy (non-hydrogen) atoms. The fourth-order valence-corrected chi connectivity index (χ4v) is 2.70. The maximum atomic E-state index is 12.1. The van der Waals surface area contributed by atoms with Gasteiger partial charge in [0, 0.05) is 31.7 Å². The van der Waals surface area contributed by atoms with Gasteiger partial charge in [0.15, 0.2) is 0 Å². The summed E-state index contributed by atoms with van der Waals surface area (Å²) in [4.78, 5) is 25.8. The van der Waals surface area contributed by atoms with Crippen molar-refractivity contribution >= 4 is 29.9 Å². The molecule has 1 aliphatic rings. The Labute approximate surface area is 144 Å². The lowest BCUT2D eigenvalue weighted by molar-refractivity contribution is -0.126. The van der Waals surface area contributed by atoms with Gasteiger partial charge in [-0.2, -0.15) is 0 Å². The third-order valence-electron chi connectivity index (χ3n) is 4.01. The van der Waals surface area contributed by atoms with Crippen LogP contribution in [0.3, 0.4) is 0 Å². The Kier molecular flexibility index (Phi) is 8.06. The number of nitrogens with two attached hydrogens (primary N) is 1. The van der Waals surface area contributed by atoms with E-state index < -0.39 is 0 Å². The smallest absolute Gasteiger partial charge is 0.227 e. The number of carbonyl (C=O) groups is 2. The number of anilines is 1. The molecule has 0 saturated carbocycles. The van der Waals surface area contributed by atoms with Crippen molar-refractivity contribution in [1.29, 1.82) is 0 Å². The molecule has 1 heterocycles. The molecule has 0 aromatic heterocycles. The second kappa shape index (κ2) is 9.53. The van der Waals surface area contributed by atoms with Gasteiger partial charge in [-0.3, -0.25) is 9.59 Å². The number of benzene rings is 1. The van der Waals surface area contributed by atoms with Crippen molar-refractivity contribution < 1.29 is 9.59 Å². The van der Waals surface area contributed by atoms with Crippen LogP contribution < -0.4 is 16.0 Å². The number of unbranched alkanes of at least 4 members (excludes halogenated alkanes) is 1. The zero-order chi connectivity index (χ0) is 15.9. The zero-order valence-corrected chi connectivity index (χ0v) is 14.4. The Hall–Kier alpha value is -1.59. The van der Waals surface area contributed by atoms with E-state index in [9.17, 15) is 9.59 Å². The predicted octanol–water partition coefficient (Wildman–Crippen LogP) is 1.88. The van der Waals surface area contributed by atoms with E-state index in [1.54, 1.807) is 4.90 Å². The molecule has 1 aromatic carbocycles. The standard InChI is InChI=1S/C17H25N3O2.ClH/c1-2-3-4-13-5-7-15(8-6-13)20-12-14(11-16(20)21)17(22)19-10-9-18;/h5-8,14H,2-4,9-12,18H2,1H3,(H,19,22);1H. The first-order valence-corrected chi connectivity index (χ1v) is 8.02. The Bertz CT molecular complexity index is 519. The SMILES string of the molecule is CCCCc1ccc(N2CC(C(=O)NCCN)CC2=O)cc1.Cl. The van der Waals surface area contributed by atoms with Gasteiger partial charge in [0.1, 0.15) is 0 Å². The predicted molar refractivity (Wildman–Crippen MR) is 94.8 cm³/mol. The monoisotopic (exact) mass is 339 g/mol. The van der Waals surface area contributed by atoms with Gasteiger partial charge in [-0.25, -0.2) is 0 Å². The molecule has 0 radical (unpaired) electrons. The van der Waals surface area contributed by atoms with Crippen LogP contribution in [-0.2, 0) is 16.0 Å². The summed E-state index contributed by atoms with van der Waals surface area (Å²) < 4.78 is 0. The van der Waals surface area contributed by atoms with Crippen molar-refractivity contribution in [2.45, 2.75) is 32.6 Å². The highest BCUT2D eigenvalue weighted by Gasteiger charge is 2.34. The normalized spacial score (nSPS) is 17.0. The number of halogens is 1. The lowest BCUT2D eigenvalue weighted by Crippen LogP contribution is -2.35. The van der Waals surface area contributed by atoms with Crippen LogP contribution in [0.1, 0.15) is 31.7 Å². The van der Waals surface area contributed by atoms with Gasteiger partial charge in [0.25, 0.3) is 0 Å². The number of hydrogen-bond acceptors (Lipinski definition) is 3. The molecular weight excluding hydrogens is 314 g/mol. The molecule has 3 N–H and O–H groups in total. The Balaban J connectivity index is 0.00000264. The van der Waals surface area contributed by atoms with Crippen molar-refractivity contribution in [1.82, 2.24) is 5.32 Å². The lowest BCUT2D eigenvalue weighted by atomic mass is 10.1. The lowest BCUT2D eigenvalue weighted by Gasteiger charge is -2.17. The summed E-state index contributed by atoms with van der Waals surface area (Å²) in [7, 11) is 0. The van der Waals surface area contributed by atoms with Crippen LogP contribution in [0.5, 0.6) is 0 Å². The summed E-state index contributed by atoms with van der Waals surface area (Å²) >= 11 is 0. The van der Waals surface area contributed by atoms with E-state index in [1.165, 1.54) is 18.4 Å². The summed E-state index contributed by atoms with van der Waals surface area (Å²) in [5.41, 5.74) is 7.54. The molecule has 1 aliphatic heterocycles. The van der Waals surface area contributed by atoms with Gasteiger partial charge >= 0.3 is 0 Å². The average molecular weight is 340 g/mol. The molecule has 1 unspecified atom stereocenters. The molecule has 1 saturated heterocycles. The van der Waals surface area contributed by atoms with Crippen LogP contribution >= 0.6 is 12.4 Å². The van der Waals surface area contributed by atoms with Gasteiger partial charge < -0.3 is 16.0 Å². The van der Waals surface area contributed by atoms with E-state index in [0.29, 0.717) is 19.6 Å². The summed E-state index contributed by atoms with van der Waals surface area (Å²) in [6.45, 7) is 3.49. The Morgan fingerprint density at radius 3 is 2.65 bits per heavy atom. The van der Waals surface area contributed by atoms with Gasteiger partial charge in [-0.05, 0) is 30.5 Å². The van der Waals surface area contributed by atoms with Crippen molar-refractivity contribution in [3.63, 3.8) is 0 Å². The van der Waals surface area contributed by atoms with Gasteiger partial charge in [-0.15, -0.1) is 12.4 Å². The van der Waals surface area contributed by atoms with Gasteiger partial charge in [0.05, 0.1) is 5.92 Å². The minimum atomic E-state index is -0.279. The van der Waals surface area contributed by atoms with E-state index >= 15 is 0 Å². The van der Waals surface area contributed by atoms with E-state index in [4.69, 9.17) is 5.73 Å². The second-order valence-corrected chi connectivity index (χ2v) is 5.76. The van der Waals surface area contributed by atoms with Crippen molar-refractivity contribution in [3.8, 4) is 0 Å². The molecule has 0 bridgehead atoms. The number of carbonyl (C=O) groups excluding carboxylic acids is 2. The number of nitrogens with zero attached hydrogens (tertiary/aromatic N) is 1. The summed E-state index contributed by atoms with van der Waals surface area (Å²) in [6, 6.07) is 8.09. The fourth-order valence-electron chi connectivity index (χ4n) is 2.70. The number of amides is 2. The van der Waals surface area contributed by atoms with Crippen LogP contribution in [0.15, 0.2) is 24.3 Å². The van der Waals surface area contributed by atoms with Crippen molar-refractivity contribution in [2.75, 3.05) is 24.5 Å². The maximum Gasteiger partial charge on any atom is 0.227 e. The molecular formula is C17H26ClN3O2. The topological polar surface area (TPSA) is 75.4 Å². The molecule has 5 nitrogen and oxygen atoms in total. The van der Waals surface area contributed by atoms with E-state index in [1.807, 2.05) is 12.1 Å². The summed E-state index contributed by atoms with van der Waals surface area (Å²) in [5, 5.41) is 2.76. The summed E-state index contributed by atoms with van der Waals surface area (Å²) in [6.07, 6.45) is 3.68. The third-order valence-corrected chi connectivity index (χ3v) is 4.01. The first-order chi connectivity index (χ1) is 10.7. The van der Waals surface area contributed by atoms with Crippen LogP contribution in [-0.4, -0.2) is 31.4 Å². The molecule has 2 amide bonds. The second-order valence-electron chi connectivity index (χ2n) is 5.76. The maximum absolute atomic E-state index is 12.1. The molecule has 0 aliphatic carbocycles. The minimum Gasteiger partial charge on any atom is -0.355 e. The van der Waals surface area contributed by atoms with Crippen LogP contribution in [0.4, 0.5) is 5.69 Å². The zero-order valence-electron chi connectivity index (χ0n) is 13.6. The van der Waals surface area contributed by atoms with Crippen LogP contribution in [0.25, 0.3) is 0 Å². The number of nitrogens with one attached hydrogen (secondary N) is 1. The Morgan fingerprint density at radius 2 is 2.04 bits per heavy atom. The molecule has 6 heteroatoms. The number of rotatable bonds is 7. The van der Waals surface area contributed by atoms with E-state index in [0.717, 1.165) is 12.1 Å². The first-order valence-electron chi connectivity index (χ1n) is 8.02. The number of hydrogen-bond donors (Lipinski definition) is 2. The molecule has 1 fully saturated rings. The van der Waals surface area contributed by atoms with Crippen molar-refractivity contribution in [3.05, 3.63) is 29.8 Å². The highest BCUT2D eigenvalue weighted by atomic mass is 35.5.